The predicted molar refractivity (Wildman–Crippen MR) is 291 cm³/mol. The molecule has 0 saturated heterocycles. The molecule has 0 N–H and O–H groups in total. The van der Waals surface area contributed by atoms with Gasteiger partial charge in [0.15, 0.2) is 0 Å². The van der Waals surface area contributed by atoms with Crippen molar-refractivity contribution in [1.82, 2.24) is 0 Å². The largest absolute Gasteiger partial charge is 0.0654 e. The van der Waals surface area contributed by atoms with Gasteiger partial charge in [-0.15, -0.1) is 0 Å². The fourth-order valence-electron chi connectivity index (χ4n) is 14.8. The van der Waals surface area contributed by atoms with E-state index in [4.69, 9.17) is 0 Å². The number of hydrogen-bond donors (Lipinski definition) is 0. The van der Waals surface area contributed by atoms with Crippen LogP contribution < -0.4 is 0 Å². The third-order valence-corrected chi connectivity index (χ3v) is 17.8. The van der Waals surface area contributed by atoms with E-state index in [1.807, 2.05) is 0 Å². The Morgan fingerprint density at radius 3 is 0.765 bits per heavy atom. The third kappa shape index (κ3) is 7.28. The van der Waals surface area contributed by atoms with Crippen molar-refractivity contribution in [3.63, 3.8) is 0 Å². The van der Waals surface area contributed by atoms with E-state index >= 15 is 0 Å². The Hall–Kier alpha value is -5.20. The van der Waals surface area contributed by atoms with Crippen LogP contribution in [-0.4, -0.2) is 0 Å². The van der Waals surface area contributed by atoms with Crippen molar-refractivity contribution in [3.8, 4) is 0 Å². The Bertz CT molecular complexity index is 2780. The Morgan fingerprint density at radius 1 is 0.250 bits per heavy atom. The van der Waals surface area contributed by atoms with Crippen molar-refractivity contribution in [2.75, 3.05) is 0 Å². The van der Waals surface area contributed by atoms with Gasteiger partial charge in [0.25, 0.3) is 0 Å². The summed E-state index contributed by atoms with van der Waals surface area (Å²) >= 11 is 0. The lowest BCUT2D eigenvalue weighted by molar-refractivity contribution is 0.556. The van der Waals surface area contributed by atoms with Crippen molar-refractivity contribution in [1.29, 1.82) is 0 Å². The summed E-state index contributed by atoms with van der Waals surface area (Å²) < 4.78 is 0. The lowest BCUT2D eigenvalue weighted by Crippen LogP contribution is -2.30. The number of rotatable bonds is 22. The van der Waals surface area contributed by atoms with Gasteiger partial charge in [0.1, 0.15) is 0 Å². The summed E-state index contributed by atoms with van der Waals surface area (Å²) in [7, 11) is 0. The zero-order chi connectivity index (χ0) is 45.6. The summed E-state index contributed by atoms with van der Waals surface area (Å²) in [5.74, 6) is 1.08. The van der Waals surface area contributed by atoms with Crippen molar-refractivity contribution >= 4 is 32.3 Å². The quantitative estimate of drug-likeness (QED) is 0.0470. The van der Waals surface area contributed by atoms with E-state index in [1.165, 1.54) is 161 Å². The minimum atomic E-state index is 0.258. The van der Waals surface area contributed by atoms with Gasteiger partial charge in [-0.2, -0.15) is 0 Å². The molecule has 0 fully saturated rings. The third-order valence-electron chi connectivity index (χ3n) is 17.8. The maximum atomic E-state index is 2.64. The second-order valence-electron chi connectivity index (χ2n) is 21.8. The summed E-state index contributed by atoms with van der Waals surface area (Å²) in [6.45, 7) is 4.65. The molecule has 4 bridgehead atoms. The SMILES string of the molecule is CCCCCCCCCCCCc1c2c(c3ccc4c(CCCCCCCCCCCC)c5c(c6ccc1c3c46)C1c3ccccc3C5c3ccccc31)C1c3ccccc3C2c2ccccc21. The van der Waals surface area contributed by atoms with Gasteiger partial charge in [-0.3, -0.25) is 0 Å². The van der Waals surface area contributed by atoms with Crippen LogP contribution in [0.3, 0.4) is 0 Å². The van der Waals surface area contributed by atoms with Gasteiger partial charge in [0.05, 0.1) is 0 Å². The molecule has 8 aromatic rings. The highest BCUT2D eigenvalue weighted by Crippen LogP contribution is 2.63. The highest BCUT2D eigenvalue weighted by atomic mass is 14.5. The Morgan fingerprint density at radius 2 is 0.485 bits per heavy atom. The van der Waals surface area contributed by atoms with Crippen molar-refractivity contribution in [3.05, 3.63) is 199 Å². The maximum Gasteiger partial charge on any atom is 0.0355 e. The van der Waals surface area contributed by atoms with E-state index in [-0.39, 0.29) is 23.7 Å². The second kappa shape index (κ2) is 19.3. The van der Waals surface area contributed by atoms with Crippen LogP contribution in [0.5, 0.6) is 0 Å². The monoisotopic (exact) mass is 891 g/mol. The lowest BCUT2D eigenvalue weighted by Gasteiger charge is -2.45. The average molecular weight is 891 g/mol. The van der Waals surface area contributed by atoms with Crippen molar-refractivity contribution in [2.24, 2.45) is 0 Å². The van der Waals surface area contributed by atoms with E-state index in [0.29, 0.717) is 0 Å². The van der Waals surface area contributed by atoms with Gasteiger partial charge in [-0.05, 0) is 136 Å². The smallest absolute Gasteiger partial charge is 0.0355 e. The number of benzene rings is 8. The first kappa shape index (κ1) is 44.0. The van der Waals surface area contributed by atoms with Crippen LogP contribution in [0.4, 0.5) is 0 Å². The van der Waals surface area contributed by atoms with Crippen LogP contribution in [0.25, 0.3) is 32.3 Å². The highest BCUT2D eigenvalue weighted by Gasteiger charge is 2.46. The van der Waals surface area contributed by atoms with Gasteiger partial charge in [-0.25, -0.2) is 0 Å². The van der Waals surface area contributed by atoms with Crippen LogP contribution >= 0.6 is 0 Å². The first-order chi connectivity index (χ1) is 33.8. The molecule has 0 unspecified atom stereocenters. The van der Waals surface area contributed by atoms with Crippen molar-refractivity contribution < 1.29 is 0 Å². The molecule has 0 heteroatoms. The van der Waals surface area contributed by atoms with E-state index in [9.17, 15) is 0 Å². The van der Waals surface area contributed by atoms with Crippen LogP contribution in [0.15, 0.2) is 121 Å². The van der Waals surface area contributed by atoms with Gasteiger partial charge < -0.3 is 0 Å². The number of hydrogen-bond acceptors (Lipinski definition) is 0. The lowest BCUT2D eigenvalue weighted by atomic mass is 9.57. The fraction of sp³-hybridized carbons (Fsp3) is 0.412. The van der Waals surface area contributed by atoms with Crippen LogP contribution in [0.2, 0.25) is 0 Å². The molecule has 346 valence electrons. The molecule has 0 heterocycles. The van der Waals surface area contributed by atoms with Gasteiger partial charge in [0.2, 0.25) is 0 Å². The van der Waals surface area contributed by atoms with Gasteiger partial charge >= 0.3 is 0 Å². The zero-order valence-electron chi connectivity index (χ0n) is 41.4. The number of unbranched alkanes of at least 4 members (excludes halogenated alkanes) is 18. The molecular formula is C68H74. The molecule has 0 nitrogen and oxygen atoms in total. The minimum absolute atomic E-state index is 0.258. The Kier molecular flexibility index (Phi) is 12.5. The number of aryl methyl sites for hydroxylation is 2. The van der Waals surface area contributed by atoms with Crippen LogP contribution in [-0.2, 0) is 12.8 Å². The molecule has 0 radical (unpaired) electrons. The molecule has 0 atom stereocenters. The Labute approximate surface area is 408 Å². The first-order valence-corrected chi connectivity index (χ1v) is 28.0. The van der Waals surface area contributed by atoms with E-state index in [1.54, 1.807) is 77.2 Å². The molecule has 6 aliphatic rings. The molecular weight excluding hydrogens is 817 g/mol. The summed E-state index contributed by atoms with van der Waals surface area (Å²) in [4.78, 5) is 0. The Balaban J connectivity index is 1.01. The fourth-order valence-corrected chi connectivity index (χ4v) is 14.8. The predicted octanol–water partition coefficient (Wildman–Crippen LogP) is 19.5. The summed E-state index contributed by atoms with van der Waals surface area (Å²) in [5.41, 5.74) is 22.2. The first-order valence-electron chi connectivity index (χ1n) is 28.0. The molecule has 8 aromatic carbocycles. The molecule has 14 rings (SSSR count). The molecule has 0 spiro atoms. The van der Waals surface area contributed by atoms with Gasteiger partial charge in [0, 0.05) is 23.7 Å². The van der Waals surface area contributed by atoms with E-state index in [2.05, 4.69) is 135 Å². The molecule has 0 aromatic heterocycles. The highest BCUT2D eigenvalue weighted by molar-refractivity contribution is 6.27. The molecule has 0 saturated carbocycles. The molecule has 0 aliphatic heterocycles. The minimum Gasteiger partial charge on any atom is -0.0654 e. The second-order valence-corrected chi connectivity index (χ2v) is 21.8. The maximum absolute atomic E-state index is 2.64. The van der Waals surface area contributed by atoms with E-state index < -0.39 is 0 Å². The average Bonchev–Trinajstić information content (AvgIpc) is 3.39. The topological polar surface area (TPSA) is 0 Å². The summed E-state index contributed by atoms with van der Waals surface area (Å²) in [6.07, 6.45) is 29.7. The molecule has 6 aliphatic carbocycles. The summed E-state index contributed by atoms with van der Waals surface area (Å²) in [6, 6.07) is 48.7. The van der Waals surface area contributed by atoms with Crippen molar-refractivity contribution in [2.45, 2.75) is 179 Å². The van der Waals surface area contributed by atoms with Gasteiger partial charge in [-0.1, -0.05) is 251 Å². The zero-order valence-corrected chi connectivity index (χ0v) is 41.4. The standard InChI is InChI=1S/C68H74/c1-3-5-7-9-11-13-15-17-19-21-31-53-55-41-43-58-64-56(42-44-57(63(55)64)67-61-49-37-27-23-33-45(49)59(65(53)67)46-34-24-28-38-50(46)61)54(32-22-20-18-16-14-12-10-8-6-4-2)66-60-47-35-25-29-39-51(47)62(68(58)66)52-40-30-26-36-48(52)60/h23-30,33-44,59-62H,3-22,31-32H2,1-2H3. The molecule has 0 amide bonds. The molecule has 68 heavy (non-hydrogen) atoms. The summed E-state index contributed by atoms with van der Waals surface area (Å²) in [5, 5.41) is 9.26. The van der Waals surface area contributed by atoms with Crippen LogP contribution in [0.1, 0.15) is 244 Å². The van der Waals surface area contributed by atoms with Crippen LogP contribution in [0, 0.1) is 0 Å². The normalized spacial score (nSPS) is 18.0. The van der Waals surface area contributed by atoms with E-state index in [0.717, 1.165) is 12.8 Å².